The molecule has 6 heteroatoms. The number of rotatable bonds is 4. The highest BCUT2D eigenvalue weighted by Crippen LogP contribution is 2.41. The Hall–Kier alpha value is -1.56. The van der Waals surface area contributed by atoms with E-state index in [1.807, 2.05) is 0 Å². The summed E-state index contributed by atoms with van der Waals surface area (Å²) in [5.74, 6) is -0.456. The highest BCUT2D eigenvalue weighted by atomic mass is 19.4. The van der Waals surface area contributed by atoms with Crippen LogP contribution in [0.3, 0.4) is 0 Å². The van der Waals surface area contributed by atoms with E-state index in [9.17, 15) is 18.0 Å². The van der Waals surface area contributed by atoms with Crippen LogP contribution in [-0.2, 0) is 11.0 Å². The molecule has 1 aliphatic rings. The fourth-order valence-electron chi connectivity index (χ4n) is 3.00. The average molecular weight is 300 g/mol. The minimum atomic E-state index is -4.36. The van der Waals surface area contributed by atoms with Gasteiger partial charge < -0.3 is 10.6 Å². The third kappa shape index (κ3) is 3.75. The van der Waals surface area contributed by atoms with Crippen molar-refractivity contribution in [1.82, 2.24) is 10.6 Å². The number of hydrogen-bond acceptors (Lipinski definition) is 2. The molecule has 2 rings (SSSR count). The van der Waals surface area contributed by atoms with E-state index in [0.29, 0.717) is 12.8 Å². The zero-order valence-electron chi connectivity index (χ0n) is 11.8. The number of carbonyl (C=O) groups excluding carboxylic acids is 1. The molecule has 0 aliphatic heterocycles. The van der Waals surface area contributed by atoms with E-state index in [4.69, 9.17) is 0 Å². The van der Waals surface area contributed by atoms with Crippen molar-refractivity contribution in [3.05, 3.63) is 35.4 Å². The number of carbonyl (C=O) groups is 1. The third-order valence-corrected chi connectivity index (χ3v) is 3.87. The van der Waals surface area contributed by atoms with Gasteiger partial charge in [0.25, 0.3) is 0 Å². The lowest BCUT2D eigenvalue weighted by molar-refractivity contribution is -0.138. The van der Waals surface area contributed by atoms with Gasteiger partial charge in [-0.3, -0.25) is 4.79 Å². The number of likely N-dealkylation sites (N-methyl/N-ethyl adjacent to an activating group) is 1. The molecular formula is C15H19F3N2O. The Morgan fingerprint density at radius 1 is 1.29 bits per heavy atom. The summed E-state index contributed by atoms with van der Waals surface area (Å²) in [4.78, 5) is 11.7. The summed E-state index contributed by atoms with van der Waals surface area (Å²) in [5.41, 5.74) is -0.304. The van der Waals surface area contributed by atoms with Crippen molar-refractivity contribution < 1.29 is 18.0 Å². The lowest BCUT2D eigenvalue weighted by atomic mass is 9.89. The topological polar surface area (TPSA) is 41.1 Å². The van der Waals surface area contributed by atoms with Crippen LogP contribution >= 0.6 is 0 Å². The van der Waals surface area contributed by atoms with Gasteiger partial charge in [0.05, 0.1) is 12.1 Å². The molecule has 1 saturated carbocycles. The number of nitrogens with one attached hydrogen (secondary N) is 2. The van der Waals surface area contributed by atoms with Crippen LogP contribution < -0.4 is 10.6 Å². The first-order chi connectivity index (χ1) is 9.93. The van der Waals surface area contributed by atoms with Crippen molar-refractivity contribution in [1.29, 1.82) is 0 Å². The van der Waals surface area contributed by atoms with Gasteiger partial charge in [-0.25, -0.2) is 0 Å². The number of alkyl halides is 3. The van der Waals surface area contributed by atoms with Crippen molar-refractivity contribution >= 4 is 5.91 Å². The highest BCUT2D eigenvalue weighted by Gasteiger charge is 2.38. The molecule has 21 heavy (non-hydrogen) atoms. The number of amides is 1. The van der Waals surface area contributed by atoms with E-state index in [0.717, 1.165) is 12.5 Å². The third-order valence-electron chi connectivity index (χ3n) is 3.87. The Morgan fingerprint density at radius 3 is 2.67 bits per heavy atom. The summed E-state index contributed by atoms with van der Waals surface area (Å²) in [6, 6.07) is 5.43. The highest BCUT2D eigenvalue weighted by molar-refractivity contribution is 5.78. The molecule has 2 atom stereocenters. The second-order valence-corrected chi connectivity index (χ2v) is 5.33. The van der Waals surface area contributed by atoms with Crippen molar-refractivity contribution in [2.24, 2.45) is 0 Å². The minimum absolute atomic E-state index is 0.171. The van der Waals surface area contributed by atoms with Crippen LogP contribution in [0.5, 0.6) is 0 Å². The summed E-state index contributed by atoms with van der Waals surface area (Å²) in [6.07, 6.45) is -2.16. The van der Waals surface area contributed by atoms with E-state index in [1.165, 1.54) is 12.1 Å². The smallest absolute Gasteiger partial charge is 0.352 e. The van der Waals surface area contributed by atoms with Crippen LogP contribution in [0.15, 0.2) is 24.3 Å². The molecule has 1 fully saturated rings. The average Bonchev–Trinajstić information content (AvgIpc) is 2.86. The lowest BCUT2D eigenvalue weighted by Gasteiger charge is -2.24. The monoisotopic (exact) mass is 300 g/mol. The van der Waals surface area contributed by atoms with Gasteiger partial charge in [-0.2, -0.15) is 13.2 Å². The van der Waals surface area contributed by atoms with Gasteiger partial charge in [0.1, 0.15) is 0 Å². The normalized spacial score (nSPS) is 22.3. The summed E-state index contributed by atoms with van der Waals surface area (Å²) in [7, 11) is 1.66. The predicted octanol–water partition coefficient (Wildman–Crippen LogP) is 2.68. The van der Waals surface area contributed by atoms with E-state index >= 15 is 0 Å². The molecule has 0 saturated heterocycles. The maximum atomic E-state index is 13.1. The standard InChI is InChI=1S/C15H19F3N2O/c1-19-9-14(21)20-13-8-4-6-11(13)10-5-2-3-7-12(10)15(16,17)18/h2-3,5,7,11,13,19H,4,6,8-9H2,1H3,(H,20,21). The van der Waals surface area contributed by atoms with E-state index in [2.05, 4.69) is 10.6 Å². The number of benzene rings is 1. The molecule has 1 aromatic carbocycles. The van der Waals surface area contributed by atoms with Gasteiger partial charge in [0.15, 0.2) is 0 Å². The molecule has 0 aromatic heterocycles. The number of hydrogen-bond donors (Lipinski definition) is 2. The van der Waals surface area contributed by atoms with Gasteiger partial charge >= 0.3 is 6.18 Å². The molecular weight excluding hydrogens is 281 g/mol. The first-order valence-corrected chi connectivity index (χ1v) is 7.03. The molecule has 2 unspecified atom stereocenters. The summed E-state index contributed by atoms with van der Waals surface area (Å²) in [5, 5.41) is 5.58. The fraction of sp³-hybridized carbons (Fsp3) is 0.533. The molecule has 1 aliphatic carbocycles. The molecule has 0 spiro atoms. The Labute approximate surface area is 121 Å². The maximum Gasteiger partial charge on any atom is 0.416 e. The van der Waals surface area contributed by atoms with Gasteiger partial charge in [-0.1, -0.05) is 24.6 Å². The van der Waals surface area contributed by atoms with Crippen LogP contribution in [0.4, 0.5) is 13.2 Å². The van der Waals surface area contributed by atoms with Crippen molar-refractivity contribution in [3.8, 4) is 0 Å². The Morgan fingerprint density at radius 2 is 2.00 bits per heavy atom. The Bertz CT molecular complexity index is 502. The maximum absolute atomic E-state index is 13.1. The molecule has 3 nitrogen and oxygen atoms in total. The van der Waals surface area contributed by atoms with Crippen LogP contribution in [0.2, 0.25) is 0 Å². The first-order valence-electron chi connectivity index (χ1n) is 7.03. The van der Waals surface area contributed by atoms with Gasteiger partial charge in [-0.15, -0.1) is 0 Å². The van der Waals surface area contributed by atoms with Crippen LogP contribution in [-0.4, -0.2) is 25.5 Å². The second-order valence-electron chi connectivity index (χ2n) is 5.33. The Balaban J connectivity index is 2.22. The van der Waals surface area contributed by atoms with Gasteiger partial charge in [-0.05, 0) is 31.5 Å². The van der Waals surface area contributed by atoms with Crippen molar-refractivity contribution in [2.75, 3.05) is 13.6 Å². The molecule has 1 amide bonds. The van der Waals surface area contributed by atoms with Crippen LogP contribution in [0.25, 0.3) is 0 Å². The minimum Gasteiger partial charge on any atom is -0.352 e. The van der Waals surface area contributed by atoms with E-state index in [1.54, 1.807) is 13.1 Å². The molecule has 1 aromatic rings. The zero-order chi connectivity index (χ0) is 15.5. The van der Waals surface area contributed by atoms with Crippen molar-refractivity contribution in [3.63, 3.8) is 0 Å². The van der Waals surface area contributed by atoms with Gasteiger partial charge in [0.2, 0.25) is 5.91 Å². The molecule has 2 N–H and O–H groups in total. The summed E-state index contributed by atoms with van der Waals surface area (Å²) in [6.45, 7) is 0.171. The molecule has 0 radical (unpaired) electrons. The Kier molecular flexibility index (Phi) is 4.88. The molecule has 0 heterocycles. The molecule has 0 bridgehead atoms. The second kappa shape index (κ2) is 6.47. The van der Waals surface area contributed by atoms with E-state index < -0.39 is 11.7 Å². The van der Waals surface area contributed by atoms with Crippen LogP contribution in [0, 0.1) is 0 Å². The SMILES string of the molecule is CNCC(=O)NC1CCCC1c1ccccc1C(F)(F)F. The largest absolute Gasteiger partial charge is 0.416 e. The fourth-order valence-corrected chi connectivity index (χ4v) is 3.00. The van der Waals surface area contributed by atoms with Gasteiger partial charge in [0, 0.05) is 12.0 Å². The van der Waals surface area contributed by atoms with Crippen molar-refractivity contribution in [2.45, 2.75) is 37.4 Å². The lowest BCUT2D eigenvalue weighted by Crippen LogP contribution is -2.41. The first kappa shape index (κ1) is 15.8. The predicted molar refractivity (Wildman–Crippen MR) is 73.9 cm³/mol. The van der Waals surface area contributed by atoms with E-state index in [-0.39, 0.29) is 30.0 Å². The quantitative estimate of drug-likeness (QED) is 0.897. The summed E-state index contributed by atoms with van der Waals surface area (Å²) < 4.78 is 39.3. The zero-order valence-corrected chi connectivity index (χ0v) is 11.8. The number of halogens is 3. The summed E-state index contributed by atoms with van der Waals surface area (Å²) >= 11 is 0. The molecule has 116 valence electrons. The van der Waals surface area contributed by atoms with Crippen LogP contribution in [0.1, 0.15) is 36.3 Å².